The Morgan fingerprint density at radius 2 is 1.44 bits per heavy atom. The molecule has 2 aromatic heterocycles. The summed E-state index contributed by atoms with van der Waals surface area (Å²) < 4.78 is 2.73. The predicted octanol–water partition coefficient (Wildman–Crippen LogP) is 5.33. The Labute approximate surface area is 108 Å². The Hall–Kier alpha value is -0.510. The lowest BCUT2D eigenvalue weighted by atomic mass is 10.1. The smallest absolute Gasteiger partial charge is 0.0488 e. The van der Waals surface area contributed by atoms with Crippen molar-refractivity contribution < 1.29 is 0 Å². The number of aryl methyl sites for hydroxylation is 3. The molecule has 0 aliphatic heterocycles. The van der Waals surface area contributed by atoms with Crippen molar-refractivity contribution in [1.82, 2.24) is 0 Å². The summed E-state index contributed by atoms with van der Waals surface area (Å²) in [6.45, 7) is 6.55. The average Bonchev–Trinajstić information content (AvgIpc) is 2.78. The van der Waals surface area contributed by atoms with Crippen molar-refractivity contribution >= 4 is 55.5 Å². The van der Waals surface area contributed by atoms with E-state index in [4.69, 9.17) is 12.6 Å². The highest BCUT2D eigenvalue weighted by Gasteiger charge is 2.13. The summed E-state index contributed by atoms with van der Waals surface area (Å²) in [5.41, 5.74) is 1.41. The van der Waals surface area contributed by atoms with Gasteiger partial charge in [-0.05, 0) is 43.9 Å². The van der Waals surface area contributed by atoms with Crippen LogP contribution in [0.1, 0.15) is 15.3 Å². The van der Waals surface area contributed by atoms with Crippen molar-refractivity contribution in [2.75, 3.05) is 0 Å². The van der Waals surface area contributed by atoms with E-state index >= 15 is 0 Å². The summed E-state index contributed by atoms with van der Waals surface area (Å²) in [5, 5.41) is 2.69. The van der Waals surface area contributed by atoms with Gasteiger partial charge in [0.1, 0.15) is 0 Å². The van der Waals surface area contributed by atoms with Crippen molar-refractivity contribution in [2.24, 2.45) is 0 Å². The van der Waals surface area contributed by atoms with E-state index in [0.29, 0.717) is 0 Å². The molecule has 0 amide bonds. The molecular weight excluding hydrogens is 252 g/mol. The first-order chi connectivity index (χ1) is 7.58. The van der Waals surface area contributed by atoms with E-state index in [0.717, 1.165) is 4.90 Å². The third-order valence-corrected chi connectivity index (χ3v) is 5.78. The molecule has 1 aromatic carbocycles. The standard InChI is InChI=1S/C13H12S3/c1-6-4-9-8(3)12-10(5-7(2)15-12)11(14)13(9)16-6/h4-5,14H,1-3H3. The molecule has 3 heteroatoms. The summed E-state index contributed by atoms with van der Waals surface area (Å²) in [5.74, 6) is 0. The minimum absolute atomic E-state index is 1.15. The third-order valence-electron chi connectivity index (χ3n) is 2.93. The number of hydrogen-bond acceptors (Lipinski definition) is 3. The number of benzene rings is 1. The molecule has 0 unspecified atom stereocenters. The average molecular weight is 264 g/mol. The molecular formula is C13H12S3. The SMILES string of the molecule is Cc1cc2c(S)c3sc(C)cc3c(C)c2s1. The largest absolute Gasteiger partial charge is 0.141 e. The molecule has 0 N–H and O–H groups in total. The van der Waals surface area contributed by atoms with Gasteiger partial charge >= 0.3 is 0 Å². The molecule has 0 spiro atoms. The number of fused-ring (bicyclic) bond motifs is 2. The maximum atomic E-state index is 4.71. The van der Waals surface area contributed by atoms with Gasteiger partial charge in [0, 0.05) is 29.4 Å². The van der Waals surface area contributed by atoms with E-state index in [1.807, 2.05) is 22.7 Å². The van der Waals surface area contributed by atoms with Gasteiger partial charge in [0.25, 0.3) is 0 Å². The zero-order valence-electron chi connectivity index (χ0n) is 9.42. The lowest BCUT2D eigenvalue weighted by molar-refractivity contribution is 1.58. The van der Waals surface area contributed by atoms with E-state index in [1.54, 1.807) is 0 Å². The number of thiophene rings is 2. The monoisotopic (exact) mass is 264 g/mol. The molecule has 82 valence electrons. The maximum Gasteiger partial charge on any atom is 0.0488 e. The molecule has 0 fully saturated rings. The van der Waals surface area contributed by atoms with E-state index in [2.05, 4.69) is 32.9 Å². The first-order valence-electron chi connectivity index (χ1n) is 5.19. The fourth-order valence-electron chi connectivity index (χ4n) is 2.18. The van der Waals surface area contributed by atoms with E-state index in [1.165, 1.54) is 35.5 Å². The predicted molar refractivity (Wildman–Crippen MR) is 78.7 cm³/mol. The third kappa shape index (κ3) is 1.35. The van der Waals surface area contributed by atoms with Gasteiger partial charge in [0.05, 0.1) is 0 Å². The Morgan fingerprint density at radius 1 is 0.875 bits per heavy atom. The molecule has 0 atom stereocenters. The quantitative estimate of drug-likeness (QED) is 0.521. The van der Waals surface area contributed by atoms with Crippen LogP contribution in [0, 0.1) is 20.8 Å². The highest BCUT2D eigenvalue weighted by Crippen LogP contribution is 2.42. The van der Waals surface area contributed by atoms with Crippen molar-refractivity contribution in [2.45, 2.75) is 25.7 Å². The zero-order valence-corrected chi connectivity index (χ0v) is 11.9. The minimum Gasteiger partial charge on any atom is -0.141 e. The molecule has 16 heavy (non-hydrogen) atoms. The van der Waals surface area contributed by atoms with E-state index < -0.39 is 0 Å². The Bertz CT molecular complexity index is 586. The Kier molecular flexibility index (Phi) is 2.32. The first kappa shape index (κ1) is 10.6. The number of thiol groups is 1. The molecule has 3 aromatic rings. The van der Waals surface area contributed by atoms with E-state index in [9.17, 15) is 0 Å². The van der Waals surface area contributed by atoms with Gasteiger partial charge in [0.2, 0.25) is 0 Å². The summed E-state index contributed by atoms with van der Waals surface area (Å²) in [6, 6.07) is 4.54. The van der Waals surface area contributed by atoms with Gasteiger partial charge in [-0.1, -0.05) is 0 Å². The zero-order chi connectivity index (χ0) is 11.4. The molecule has 0 aliphatic rings. The van der Waals surface area contributed by atoms with Gasteiger partial charge < -0.3 is 0 Å². The fraction of sp³-hybridized carbons (Fsp3) is 0.231. The van der Waals surface area contributed by atoms with Crippen molar-refractivity contribution in [3.8, 4) is 0 Å². The van der Waals surface area contributed by atoms with Crippen LogP contribution in [0.25, 0.3) is 20.2 Å². The van der Waals surface area contributed by atoms with E-state index in [-0.39, 0.29) is 0 Å². The summed E-state index contributed by atoms with van der Waals surface area (Å²) in [4.78, 5) is 3.88. The Morgan fingerprint density at radius 3 is 2.12 bits per heavy atom. The topological polar surface area (TPSA) is 0 Å². The van der Waals surface area contributed by atoms with Gasteiger partial charge in [-0.25, -0.2) is 0 Å². The molecule has 0 nitrogen and oxygen atoms in total. The molecule has 3 rings (SSSR count). The van der Waals surface area contributed by atoms with Crippen LogP contribution in [0.2, 0.25) is 0 Å². The number of rotatable bonds is 0. The second kappa shape index (κ2) is 3.49. The molecule has 2 heterocycles. The second-order valence-electron chi connectivity index (χ2n) is 4.17. The van der Waals surface area contributed by atoms with Crippen LogP contribution >= 0.6 is 35.3 Å². The van der Waals surface area contributed by atoms with Crippen LogP contribution in [-0.2, 0) is 0 Å². The normalized spacial score (nSPS) is 11.8. The molecule has 0 radical (unpaired) electrons. The molecule has 0 bridgehead atoms. The van der Waals surface area contributed by atoms with Gasteiger partial charge in [-0.3, -0.25) is 0 Å². The van der Waals surface area contributed by atoms with Gasteiger partial charge in [-0.2, -0.15) is 0 Å². The lowest BCUT2D eigenvalue weighted by Gasteiger charge is -2.02. The highest BCUT2D eigenvalue weighted by atomic mass is 32.1. The van der Waals surface area contributed by atoms with Crippen LogP contribution in [-0.4, -0.2) is 0 Å². The molecule has 0 saturated carbocycles. The van der Waals surface area contributed by atoms with Crippen LogP contribution in [0.3, 0.4) is 0 Å². The van der Waals surface area contributed by atoms with Crippen molar-refractivity contribution in [3.05, 3.63) is 27.5 Å². The van der Waals surface area contributed by atoms with Crippen LogP contribution in [0.15, 0.2) is 17.0 Å². The number of hydrogen-bond donors (Lipinski definition) is 1. The summed E-state index contributed by atoms with van der Waals surface area (Å²) in [6.07, 6.45) is 0. The van der Waals surface area contributed by atoms with Crippen LogP contribution < -0.4 is 0 Å². The highest BCUT2D eigenvalue weighted by molar-refractivity contribution is 7.81. The minimum atomic E-state index is 1.15. The summed E-state index contributed by atoms with van der Waals surface area (Å²) in [7, 11) is 0. The fourth-order valence-corrected chi connectivity index (χ4v) is 4.75. The second-order valence-corrected chi connectivity index (χ2v) is 7.13. The van der Waals surface area contributed by atoms with Crippen molar-refractivity contribution in [1.29, 1.82) is 0 Å². The maximum absolute atomic E-state index is 4.71. The first-order valence-corrected chi connectivity index (χ1v) is 7.28. The van der Waals surface area contributed by atoms with Gasteiger partial charge in [0.15, 0.2) is 0 Å². The lowest BCUT2D eigenvalue weighted by Crippen LogP contribution is -1.76. The molecule has 0 saturated heterocycles. The summed E-state index contributed by atoms with van der Waals surface area (Å²) >= 11 is 8.43. The van der Waals surface area contributed by atoms with Crippen LogP contribution in [0.4, 0.5) is 0 Å². The molecule has 0 aliphatic carbocycles. The van der Waals surface area contributed by atoms with Crippen molar-refractivity contribution in [3.63, 3.8) is 0 Å². The Balaban J connectivity index is 2.63. The van der Waals surface area contributed by atoms with Crippen LogP contribution in [0.5, 0.6) is 0 Å². The van der Waals surface area contributed by atoms with Gasteiger partial charge in [-0.15, -0.1) is 35.3 Å².